The van der Waals surface area contributed by atoms with Crippen LogP contribution in [0.15, 0.2) is 30.3 Å². The monoisotopic (exact) mass is 277 g/mol. The molecule has 5 heteroatoms. The molecule has 1 amide bonds. The van der Waals surface area contributed by atoms with Gasteiger partial charge >= 0.3 is 5.97 Å². The van der Waals surface area contributed by atoms with E-state index in [-0.39, 0.29) is 18.2 Å². The van der Waals surface area contributed by atoms with E-state index in [4.69, 9.17) is 0 Å². The van der Waals surface area contributed by atoms with Gasteiger partial charge in [0.2, 0.25) is 5.91 Å². The van der Waals surface area contributed by atoms with Gasteiger partial charge in [0.15, 0.2) is 5.78 Å². The van der Waals surface area contributed by atoms with Gasteiger partial charge in [-0.3, -0.25) is 9.59 Å². The summed E-state index contributed by atoms with van der Waals surface area (Å²) in [6.07, 6.45) is 0. The minimum absolute atomic E-state index is 0.228. The summed E-state index contributed by atoms with van der Waals surface area (Å²) in [5.74, 6) is -2.07. The van der Waals surface area contributed by atoms with Gasteiger partial charge in [-0.25, -0.2) is 4.79 Å². The molecule has 0 unspecified atom stereocenters. The van der Waals surface area contributed by atoms with Crippen LogP contribution in [0.25, 0.3) is 0 Å². The number of carbonyl (C=O) groups is 3. The summed E-state index contributed by atoms with van der Waals surface area (Å²) in [6.45, 7) is 4.47. The first-order valence-electron chi connectivity index (χ1n) is 6.42. The molecule has 1 aromatic rings. The Bertz CT molecular complexity index is 496. The van der Waals surface area contributed by atoms with E-state index in [0.29, 0.717) is 5.56 Å². The first kappa shape index (κ1) is 15.9. The van der Waals surface area contributed by atoms with Gasteiger partial charge in [-0.05, 0) is 5.92 Å². The Hall–Kier alpha value is -2.17. The predicted octanol–water partition coefficient (Wildman–Crippen LogP) is 1.83. The number of nitrogens with zero attached hydrogens (tertiary/aromatic N) is 1. The molecule has 108 valence electrons. The van der Waals surface area contributed by atoms with Crippen molar-refractivity contribution in [3.8, 4) is 0 Å². The topological polar surface area (TPSA) is 74.7 Å². The molecule has 0 spiro atoms. The third-order valence-corrected chi connectivity index (χ3v) is 3.03. The van der Waals surface area contributed by atoms with Crippen LogP contribution in [-0.4, -0.2) is 40.3 Å². The lowest BCUT2D eigenvalue weighted by Crippen LogP contribution is -2.49. The van der Waals surface area contributed by atoms with E-state index in [1.165, 1.54) is 6.92 Å². The second-order valence-corrected chi connectivity index (χ2v) is 4.96. The Labute approximate surface area is 118 Å². The average molecular weight is 277 g/mol. The van der Waals surface area contributed by atoms with Crippen LogP contribution < -0.4 is 0 Å². The van der Waals surface area contributed by atoms with Gasteiger partial charge in [0.1, 0.15) is 6.04 Å². The summed E-state index contributed by atoms with van der Waals surface area (Å²) in [6, 6.07) is 7.52. The van der Waals surface area contributed by atoms with Crippen molar-refractivity contribution in [2.75, 3.05) is 6.54 Å². The van der Waals surface area contributed by atoms with E-state index in [1.54, 1.807) is 44.2 Å². The predicted molar refractivity (Wildman–Crippen MR) is 74.4 cm³/mol. The van der Waals surface area contributed by atoms with Crippen LogP contribution in [0.3, 0.4) is 0 Å². The molecular weight excluding hydrogens is 258 g/mol. The van der Waals surface area contributed by atoms with Gasteiger partial charge in [-0.2, -0.15) is 0 Å². The SMILES string of the molecule is CC(=O)N(CC(=O)c1ccccc1)[C@H](C(=O)O)C(C)C. The summed E-state index contributed by atoms with van der Waals surface area (Å²) >= 11 is 0. The van der Waals surface area contributed by atoms with Gasteiger partial charge < -0.3 is 10.0 Å². The fourth-order valence-electron chi connectivity index (χ4n) is 2.05. The minimum atomic E-state index is -1.10. The number of carboxylic acid groups (broad SMARTS) is 1. The largest absolute Gasteiger partial charge is 0.480 e. The standard InChI is InChI=1S/C15H19NO4/c1-10(2)14(15(19)20)16(11(3)17)9-13(18)12-7-5-4-6-8-12/h4-8,10,14H,9H2,1-3H3,(H,19,20)/t14-/m0/s1. The number of hydrogen-bond acceptors (Lipinski definition) is 3. The number of amides is 1. The highest BCUT2D eigenvalue weighted by Crippen LogP contribution is 2.13. The fourth-order valence-corrected chi connectivity index (χ4v) is 2.05. The van der Waals surface area contributed by atoms with E-state index in [2.05, 4.69) is 0 Å². The van der Waals surface area contributed by atoms with Crippen LogP contribution in [0.4, 0.5) is 0 Å². The van der Waals surface area contributed by atoms with Gasteiger partial charge in [0.05, 0.1) is 6.54 Å². The first-order chi connectivity index (χ1) is 9.34. The zero-order valence-corrected chi connectivity index (χ0v) is 11.9. The van der Waals surface area contributed by atoms with Crippen LogP contribution >= 0.6 is 0 Å². The minimum Gasteiger partial charge on any atom is -0.480 e. The second kappa shape index (κ2) is 6.84. The quantitative estimate of drug-likeness (QED) is 0.805. The summed E-state index contributed by atoms with van der Waals surface area (Å²) in [5.41, 5.74) is 0.464. The number of hydrogen-bond donors (Lipinski definition) is 1. The molecule has 0 saturated heterocycles. The lowest BCUT2D eigenvalue weighted by Gasteiger charge is -2.30. The van der Waals surface area contributed by atoms with Crippen molar-refractivity contribution in [2.24, 2.45) is 5.92 Å². The van der Waals surface area contributed by atoms with Crippen molar-refractivity contribution in [1.29, 1.82) is 0 Å². The van der Waals surface area contributed by atoms with Crippen LogP contribution in [0.1, 0.15) is 31.1 Å². The fraction of sp³-hybridized carbons (Fsp3) is 0.400. The maximum absolute atomic E-state index is 12.1. The second-order valence-electron chi connectivity index (χ2n) is 4.96. The Morgan fingerprint density at radius 3 is 2.10 bits per heavy atom. The zero-order valence-electron chi connectivity index (χ0n) is 11.9. The summed E-state index contributed by atoms with van der Waals surface area (Å²) in [4.78, 5) is 36.2. The molecule has 0 aliphatic carbocycles. The Morgan fingerprint density at radius 2 is 1.70 bits per heavy atom. The lowest BCUT2D eigenvalue weighted by atomic mass is 10.0. The van der Waals surface area contributed by atoms with Crippen LogP contribution in [0.2, 0.25) is 0 Å². The highest BCUT2D eigenvalue weighted by atomic mass is 16.4. The van der Waals surface area contributed by atoms with E-state index in [1.807, 2.05) is 0 Å². The van der Waals surface area contributed by atoms with Crippen molar-refractivity contribution in [2.45, 2.75) is 26.8 Å². The maximum Gasteiger partial charge on any atom is 0.326 e. The van der Waals surface area contributed by atoms with Crippen molar-refractivity contribution in [1.82, 2.24) is 4.90 Å². The van der Waals surface area contributed by atoms with Crippen molar-refractivity contribution in [3.63, 3.8) is 0 Å². The number of Topliss-reactive ketones (excluding diaryl/α,β-unsaturated/α-hetero) is 1. The number of aliphatic carboxylic acids is 1. The molecule has 20 heavy (non-hydrogen) atoms. The summed E-state index contributed by atoms with van der Waals surface area (Å²) < 4.78 is 0. The van der Waals surface area contributed by atoms with E-state index in [9.17, 15) is 19.5 Å². The van der Waals surface area contributed by atoms with Gasteiger partial charge in [-0.15, -0.1) is 0 Å². The third kappa shape index (κ3) is 3.91. The van der Waals surface area contributed by atoms with Crippen LogP contribution in [-0.2, 0) is 9.59 Å². The smallest absolute Gasteiger partial charge is 0.326 e. The molecule has 0 heterocycles. The molecule has 0 radical (unpaired) electrons. The Balaban J connectivity index is 2.96. The third-order valence-electron chi connectivity index (χ3n) is 3.03. The molecule has 0 aliphatic heterocycles. The zero-order chi connectivity index (χ0) is 15.3. The molecule has 0 aliphatic rings. The molecule has 1 N–H and O–H groups in total. The van der Waals surface area contributed by atoms with Crippen molar-refractivity contribution >= 4 is 17.7 Å². The molecule has 1 aromatic carbocycles. The number of ketones is 1. The molecule has 0 aromatic heterocycles. The van der Waals surface area contributed by atoms with Crippen LogP contribution in [0.5, 0.6) is 0 Å². The summed E-state index contributed by atoms with van der Waals surface area (Å²) in [7, 11) is 0. The molecule has 5 nitrogen and oxygen atoms in total. The van der Waals surface area contributed by atoms with E-state index < -0.39 is 17.9 Å². The number of carbonyl (C=O) groups excluding carboxylic acids is 2. The van der Waals surface area contributed by atoms with Gasteiger partial charge in [0.25, 0.3) is 0 Å². The first-order valence-corrected chi connectivity index (χ1v) is 6.42. The molecular formula is C15H19NO4. The van der Waals surface area contributed by atoms with E-state index in [0.717, 1.165) is 4.90 Å². The molecule has 1 rings (SSSR count). The summed E-state index contributed by atoms with van der Waals surface area (Å²) in [5, 5.41) is 9.24. The Kier molecular flexibility index (Phi) is 5.43. The molecule has 0 fully saturated rings. The normalized spacial score (nSPS) is 12.0. The number of benzene rings is 1. The molecule has 0 bridgehead atoms. The highest BCUT2D eigenvalue weighted by molar-refractivity contribution is 5.99. The van der Waals surface area contributed by atoms with E-state index >= 15 is 0 Å². The van der Waals surface area contributed by atoms with Crippen molar-refractivity contribution < 1.29 is 19.5 Å². The van der Waals surface area contributed by atoms with Crippen LogP contribution in [0, 0.1) is 5.92 Å². The lowest BCUT2D eigenvalue weighted by molar-refractivity contribution is -0.150. The molecule has 0 saturated carbocycles. The highest BCUT2D eigenvalue weighted by Gasteiger charge is 2.32. The van der Waals surface area contributed by atoms with Crippen molar-refractivity contribution in [3.05, 3.63) is 35.9 Å². The number of rotatable bonds is 6. The average Bonchev–Trinajstić information content (AvgIpc) is 2.37. The molecule has 1 atom stereocenters. The Morgan fingerprint density at radius 1 is 1.15 bits per heavy atom. The maximum atomic E-state index is 12.1. The number of carboxylic acids is 1. The van der Waals surface area contributed by atoms with Gasteiger partial charge in [0, 0.05) is 12.5 Å². The van der Waals surface area contributed by atoms with Gasteiger partial charge in [-0.1, -0.05) is 44.2 Å².